The van der Waals surface area contributed by atoms with E-state index in [-0.39, 0.29) is 0 Å². The van der Waals surface area contributed by atoms with Crippen LogP contribution in [-0.2, 0) is 0 Å². The van der Waals surface area contributed by atoms with Crippen molar-refractivity contribution >= 4 is 40.1 Å². The van der Waals surface area contributed by atoms with E-state index in [2.05, 4.69) is 20.9 Å². The van der Waals surface area contributed by atoms with E-state index in [1.807, 2.05) is 0 Å². The maximum atomic E-state index is 8.69. The molecule has 0 saturated heterocycles. The molecule has 2 N–H and O–H groups in total. The smallest absolute Gasteiger partial charge is 0.423 e. The van der Waals surface area contributed by atoms with Crippen LogP contribution in [0.2, 0.25) is 5.15 Å². The summed E-state index contributed by atoms with van der Waals surface area (Å²) in [5.41, 5.74) is 0.307. The molecule has 1 aromatic heterocycles. The number of halogens is 2. The van der Waals surface area contributed by atoms with Gasteiger partial charge < -0.3 is 10.0 Å². The van der Waals surface area contributed by atoms with Crippen LogP contribution in [0.15, 0.2) is 16.7 Å². The first-order valence-electron chi connectivity index (χ1n) is 2.78. The Morgan fingerprint density at radius 2 is 2.18 bits per heavy atom. The molecular weight excluding hydrogens is 232 g/mol. The van der Waals surface area contributed by atoms with Gasteiger partial charge in [0.25, 0.3) is 0 Å². The first-order chi connectivity index (χ1) is 5.11. The number of nitrogens with zero attached hydrogens (tertiary/aromatic N) is 1. The van der Waals surface area contributed by atoms with Crippen LogP contribution >= 0.6 is 27.5 Å². The van der Waals surface area contributed by atoms with Crippen molar-refractivity contribution in [3.8, 4) is 0 Å². The molecule has 0 aromatic carbocycles. The topological polar surface area (TPSA) is 53.4 Å². The Hall–Kier alpha value is -0.0951. The Labute approximate surface area is 77.3 Å². The molecule has 0 aliphatic heterocycles. The van der Waals surface area contributed by atoms with Gasteiger partial charge in [0, 0.05) is 11.7 Å². The number of rotatable bonds is 1. The lowest BCUT2D eigenvalue weighted by Crippen LogP contribution is -2.30. The number of hydrogen-bond donors (Lipinski definition) is 2. The molecule has 0 unspecified atom stereocenters. The second-order valence-corrected chi connectivity index (χ2v) is 3.13. The van der Waals surface area contributed by atoms with Crippen molar-refractivity contribution in [2.45, 2.75) is 0 Å². The van der Waals surface area contributed by atoms with E-state index in [1.54, 1.807) is 0 Å². The molecule has 11 heavy (non-hydrogen) atoms. The second-order valence-electron chi connectivity index (χ2n) is 1.91. The highest BCUT2D eigenvalue weighted by Gasteiger charge is 2.12. The van der Waals surface area contributed by atoms with Crippen LogP contribution < -0.4 is 5.46 Å². The van der Waals surface area contributed by atoms with E-state index in [9.17, 15) is 0 Å². The van der Waals surface area contributed by atoms with Crippen LogP contribution in [-0.4, -0.2) is 22.2 Å². The zero-order chi connectivity index (χ0) is 8.43. The molecule has 0 spiro atoms. The summed E-state index contributed by atoms with van der Waals surface area (Å²) >= 11 is 8.66. The molecule has 6 heteroatoms. The summed E-state index contributed by atoms with van der Waals surface area (Å²) in [6.45, 7) is 0. The monoisotopic (exact) mass is 235 g/mol. The molecule has 3 nitrogen and oxygen atoms in total. The Balaban J connectivity index is 3.05. The predicted molar refractivity (Wildman–Crippen MR) is 46.8 cm³/mol. The van der Waals surface area contributed by atoms with Gasteiger partial charge in [0.05, 0.1) is 4.47 Å². The van der Waals surface area contributed by atoms with E-state index in [4.69, 9.17) is 21.6 Å². The molecule has 1 aromatic rings. The highest BCUT2D eigenvalue weighted by Crippen LogP contribution is 2.16. The third kappa shape index (κ3) is 2.17. The molecule has 1 heterocycles. The van der Waals surface area contributed by atoms with Gasteiger partial charge in [0.15, 0.2) is 0 Å². The third-order valence-electron chi connectivity index (χ3n) is 1.12. The Morgan fingerprint density at radius 1 is 1.55 bits per heavy atom. The van der Waals surface area contributed by atoms with Crippen molar-refractivity contribution in [2.24, 2.45) is 0 Å². The fourth-order valence-electron chi connectivity index (χ4n) is 0.577. The third-order valence-corrected chi connectivity index (χ3v) is 2.25. The van der Waals surface area contributed by atoms with Crippen LogP contribution in [0.25, 0.3) is 0 Å². The van der Waals surface area contributed by atoms with Gasteiger partial charge in [-0.2, -0.15) is 0 Å². The van der Waals surface area contributed by atoms with Gasteiger partial charge in [-0.05, 0) is 22.0 Å². The minimum atomic E-state index is -1.50. The normalized spacial score (nSPS) is 9.82. The second kappa shape index (κ2) is 3.54. The zero-order valence-corrected chi connectivity index (χ0v) is 7.67. The molecule has 0 aliphatic carbocycles. The molecule has 0 fully saturated rings. The maximum absolute atomic E-state index is 8.69. The highest BCUT2D eigenvalue weighted by molar-refractivity contribution is 9.10. The van der Waals surface area contributed by atoms with Crippen molar-refractivity contribution in [3.05, 3.63) is 21.9 Å². The quantitative estimate of drug-likeness (QED) is 0.540. The van der Waals surface area contributed by atoms with Gasteiger partial charge in [-0.1, -0.05) is 11.6 Å². The summed E-state index contributed by atoms with van der Waals surface area (Å²) in [6, 6.07) is 1.50. The number of hydrogen-bond acceptors (Lipinski definition) is 3. The van der Waals surface area contributed by atoms with Crippen LogP contribution in [0, 0.1) is 0 Å². The first kappa shape index (κ1) is 9.00. The van der Waals surface area contributed by atoms with Gasteiger partial charge in [0.1, 0.15) is 5.15 Å². The minimum absolute atomic E-state index is 0.300. The van der Waals surface area contributed by atoms with Crippen molar-refractivity contribution in [1.82, 2.24) is 4.98 Å². The van der Waals surface area contributed by atoms with E-state index in [1.165, 1.54) is 12.3 Å². The SMILES string of the molecule is OB(O)c1cnc(Cl)c(Br)c1. The highest BCUT2D eigenvalue weighted by atomic mass is 79.9. The summed E-state index contributed by atoms with van der Waals surface area (Å²) in [5, 5.41) is 17.7. The van der Waals surface area contributed by atoms with E-state index in [0.717, 1.165) is 0 Å². The van der Waals surface area contributed by atoms with E-state index < -0.39 is 7.12 Å². The molecule has 0 saturated carbocycles. The van der Waals surface area contributed by atoms with Crippen LogP contribution in [0.5, 0.6) is 0 Å². The van der Waals surface area contributed by atoms with E-state index >= 15 is 0 Å². The summed E-state index contributed by atoms with van der Waals surface area (Å²) in [5.74, 6) is 0. The van der Waals surface area contributed by atoms with Crippen molar-refractivity contribution in [2.75, 3.05) is 0 Å². The Kier molecular flexibility index (Phi) is 2.89. The summed E-state index contributed by atoms with van der Waals surface area (Å²) in [4.78, 5) is 3.70. The molecule has 58 valence electrons. The fraction of sp³-hybridized carbons (Fsp3) is 0. The molecule has 0 atom stereocenters. The van der Waals surface area contributed by atoms with Crippen LogP contribution in [0.1, 0.15) is 0 Å². The van der Waals surface area contributed by atoms with Gasteiger partial charge in [-0.25, -0.2) is 4.98 Å². The Morgan fingerprint density at radius 3 is 2.64 bits per heavy atom. The van der Waals surface area contributed by atoms with Crippen molar-refractivity contribution in [1.29, 1.82) is 0 Å². The minimum Gasteiger partial charge on any atom is -0.423 e. The van der Waals surface area contributed by atoms with Crippen molar-refractivity contribution in [3.63, 3.8) is 0 Å². The molecule has 0 bridgehead atoms. The average molecular weight is 236 g/mol. The zero-order valence-electron chi connectivity index (χ0n) is 5.33. The molecule has 1 rings (SSSR count). The number of aromatic nitrogens is 1. The maximum Gasteiger partial charge on any atom is 0.490 e. The van der Waals surface area contributed by atoms with Gasteiger partial charge >= 0.3 is 7.12 Å². The van der Waals surface area contributed by atoms with E-state index in [0.29, 0.717) is 15.1 Å². The molecule has 0 aliphatic rings. The summed E-state index contributed by atoms with van der Waals surface area (Å²) < 4.78 is 0.546. The van der Waals surface area contributed by atoms with Gasteiger partial charge in [-0.3, -0.25) is 0 Å². The molecule has 0 radical (unpaired) electrons. The molecule has 0 amide bonds. The molecular formula is C5H4BBrClNO2. The lowest BCUT2D eigenvalue weighted by molar-refractivity contribution is 0.425. The number of pyridine rings is 1. The first-order valence-corrected chi connectivity index (χ1v) is 3.95. The Bertz CT molecular complexity index is 271. The van der Waals surface area contributed by atoms with Crippen LogP contribution in [0.4, 0.5) is 0 Å². The summed E-state index contributed by atoms with van der Waals surface area (Å²) in [7, 11) is -1.50. The van der Waals surface area contributed by atoms with Gasteiger partial charge in [0.2, 0.25) is 0 Å². The summed E-state index contributed by atoms with van der Waals surface area (Å²) in [6.07, 6.45) is 1.30. The lowest BCUT2D eigenvalue weighted by Gasteiger charge is -1.99. The predicted octanol–water partition coefficient (Wildman–Crippen LogP) is 0.177. The largest absolute Gasteiger partial charge is 0.490 e. The average Bonchev–Trinajstić information content (AvgIpc) is 1.94. The van der Waals surface area contributed by atoms with Crippen LogP contribution in [0.3, 0.4) is 0 Å². The lowest BCUT2D eigenvalue weighted by atomic mass is 9.82. The van der Waals surface area contributed by atoms with Crippen molar-refractivity contribution < 1.29 is 10.0 Å². The van der Waals surface area contributed by atoms with Gasteiger partial charge in [-0.15, -0.1) is 0 Å². The standard InChI is InChI=1S/C5H4BBrClNO2/c7-4-1-3(6(10)11)2-9-5(4)8/h1-2,10-11H. The fourth-order valence-corrected chi connectivity index (χ4v) is 1.05.